The highest BCUT2D eigenvalue weighted by Gasteiger charge is 2.57. The van der Waals surface area contributed by atoms with Gasteiger partial charge in [-0.15, -0.1) is 11.6 Å². The molecule has 2 atom stereocenters. The van der Waals surface area contributed by atoms with Crippen molar-refractivity contribution in [3.8, 4) is 0 Å². The first-order valence-corrected chi connectivity index (χ1v) is 5.06. The average Bonchev–Trinajstić information content (AvgIpc) is 2.41. The second kappa shape index (κ2) is 2.98. The Labute approximate surface area is 81.4 Å². The summed E-state index contributed by atoms with van der Waals surface area (Å²) >= 11 is 5.78. The van der Waals surface area contributed by atoms with Gasteiger partial charge in [-0.2, -0.15) is 0 Å². The van der Waals surface area contributed by atoms with Crippen molar-refractivity contribution in [2.75, 3.05) is 5.88 Å². The van der Waals surface area contributed by atoms with Gasteiger partial charge in [0.15, 0.2) is 0 Å². The van der Waals surface area contributed by atoms with E-state index in [1.54, 1.807) is 0 Å². The summed E-state index contributed by atoms with van der Waals surface area (Å²) in [6.07, 6.45) is 3.40. The number of halogens is 1. The van der Waals surface area contributed by atoms with E-state index in [9.17, 15) is 9.59 Å². The molecule has 0 N–H and O–H groups in total. The van der Waals surface area contributed by atoms with Crippen LogP contribution in [0.5, 0.6) is 0 Å². The summed E-state index contributed by atoms with van der Waals surface area (Å²) in [4.78, 5) is 22.7. The molecule has 13 heavy (non-hydrogen) atoms. The van der Waals surface area contributed by atoms with Gasteiger partial charge >= 0.3 is 11.9 Å². The summed E-state index contributed by atoms with van der Waals surface area (Å²) < 4.78 is 4.64. The summed E-state index contributed by atoms with van der Waals surface area (Å²) in [5.74, 6) is -0.837. The molecule has 1 aliphatic heterocycles. The van der Waals surface area contributed by atoms with E-state index in [-0.39, 0.29) is 17.8 Å². The van der Waals surface area contributed by atoms with E-state index in [1.807, 2.05) is 0 Å². The Balaban J connectivity index is 2.35. The van der Waals surface area contributed by atoms with Gasteiger partial charge in [0.25, 0.3) is 0 Å². The monoisotopic (exact) mass is 202 g/mol. The summed E-state index contributed by atoms with van der Waals surface area (Å²) in [6, 6.07) is 0. The Hall–Kier alpha value is -0.570. The third kappa shape index (κ3) is 1.10. The van der Waals surface area contributed by atoms with Crippen molar-refractivity contribution in [2.45, 2.75) is 25.7 Å². The predicted octanol–water partition coefficient (Wildman–Crippen LogP) is 1.49. The van der Waals surface area contributed by atoms with Crippen molar-refractivity contribution >= 4 is 23.5 Å². The molecule has 72 valence electrons. The lowest BCUT2D eigenvalue weighted by molar-refractivity contribution is -0.155. The van der Waals surface area contributed by atoms with Gasteiger partial charge in [-0.05, 0) is 12.8 Å². The Kier molecular flexibility index (Phi) is 2.06. The molecule has 3 nitrogen and oxygen atoms in total. The molecule has 1 heterocycles. The second-order valence-corrected chi connectivity index (χ2v) is 4.06. The maximum atomic E-state index is 11.4. The molecule has 1 aliphatic carbocycles. The van der Waals surface area contributed by atoms with Crippen molar-refractivity contribution in [1.82, 2.24) is 0 Å². The first kappa shape index (κ1) is 9.00. The van der Waals surface area contributed by atoms with Crippen LogP contribution in [0.2, 0.25) is 0 Å². The molecular formula is C9H11ClO3. The van der Waals surface area contributed by atoms with E-state index < -0.39 is 11.4 Å². The van der Waals surface area contributed by atoms with Crippen LogP contribution in [0.4, 0.5) is 0 Å². The highest BCUT2D eigenvalue weighted by Crippen LogP contribution is 2.47. The molecule has 2 fully saturated rings. The van der Waals surface area contributed by atoms with Crippen molar-refractivity contribution in [1.29, 1.82) is 0 Å². The second-order valence-electron chi connectivity index (χ2n) is 3.80. The van der Waals surface area contributed by atoms with E-state index in [2.05, 4.69) is 4.74 Å². The van der Waals surface area contributed by atoms with Gasteiger partial charge in [0.05, 0.1) is 11.3 Å². The minimum Gasteiger partial charge on any atom is -0.392 e. The lowest BCUT2D eigenvalue weighted by Gasteiger charge is -2.31. The quantitative estimate of drug-likeness (QED) is 0.368. The Morgan fingerprint density at radius 2 is 2.23 bits per heavy atom. The van der Waals surface area contributed by atoms with Gasteiger partial charge in [0, 0.05) is 5.88 Å². The zero-order chi connectivity index (χ0) is 9.47. The molecule has 2 aliphatic rings. The SMILES string of the molecule is O=C1OC(=O)C2(CCl)CCCCC12. The van der Waals surface area contributed by atoms with Crippen LogP contribution in [0.1, 0.15) is 25.7 Å². The zero-order valence-corrected chi connectivity index (χ0v) is 7.97. The number of fused-ring (bicyclic) bond motifs is 1. The molecule has 0 aromatic heterocycles. The van der Waals surface area contributed by atoms with Crippen LogP contribution in [0, 0.1) is 11.3 Å². The van der Waals surface area contributed by atoms with Gasteiger partial charge in [0.1, 0.15) is 0 Å². The molecule has 0 aromatic carbocycles. The first-order valence-electron chi connectivity index (χ1n) is 4.53. The molecule has 2 unspecified atom stereocenters. The highest BCUT2D eigenvalue weighted by atomic mass is 35.5. The average molecular weight is 203 g/mol. The Morgan fingerprint density at radius 1 is 1.46 bits per heavy atom. The van der Waals surface area contributed by atoms with Gasteiger partial charge < -0.3 is 4.74 Å². The fourth-order valence-electron chi connectivity index (χ4n) is 2.31. The van der Waals surface area contributed by atoms with Gasteiger partial charge in [-0.25, -0.2) is 0 Å². The lowest BCUT2D eigenvalue weighted by atomic mass is 9.69. The molecule has 2 rings (SSSR count). The van der Waals surface area contributed by atoms with Crippen LogP contribution in [-0.4, -0.2) is 17.8 Å². The van der Waals surface area contributed by atoms with Gasteiger partial charge in [-0.1, -0.05) is 12.8 Å². The van der Waals surface area contributed by atoms with Crippen molar-refractivity contribution in [3.63, 3.8) is 0 Å². The summed E-state index contributed by atoms with van der Waals surface area (Å²) in [5.41, 5.74) is -0.684. The van der Waals surface area contributed by atoms with Crippen molar-refractivity contribution in [2.24, 2.45) is 11.3 Å². The predicted molar refractivity (Wildman–Crippen MR) is 46.2 cm³/mol. The number of rotatable bonds is 1. The molecule has 0 spiro atoms. The number of cyclic esters (lactones) is 2. The molecular weight excluding hydrogens is 192 g/mol. The minimum absolute atomic E-state index is 0.211. The number of carbonyl (C=O) groups is 2. The Morgan fingerprint density at radius 3 is 2.85 bits per heavy atom. The number of esters is 2. The number of hydrogen-bond donors (Lipinski definition) is 0. The number of alkyl halides is 1. The van der Waals surface area contributed by atoms with Crippen molar-refractivity contribution < 1.29 is 14.3 Å². The molecule has 0 amide bonds. The topological polar surface area (TPSA) is 43.4 Å². The third-order valence-electron chi connectivity index (χ3n) is 3.16. The summed E-state index contributed by atoms with van der Waals surface area (Å²) in [5, 5.41) is 0. The molecule has 0 bridgehead atoms. The van der Waals surface area contributed by atoms with Crippen LogP contribution in [0.25, 0.3) is 0 Å². The van der Waals surface area contributed by atoms with E-state index in [1.165, 1.54) is 0 Å². The van der Waals surface area contributed by atoms with Crippen LogP contribution in [0.3, 0.4) is 0 Å². The lowest BCUT2D eigenvalue weighted by Crippen LogP contribution is -2.38. The van der Waals surface area contributed by atoms with E-state index in [0.717, 1.165) is 19.3 Å². The molecule has 0 aromatic rings. The maximum absolute atomic E-state index is 11.4. The van der Waals surface area contributed by atoms with Gasteiger partial charge in [-0.3, -0.25) is 9.59 Å². The zero-order valence-electron chi connectivity index (χ0n) is 7.22. The van der Waals surface area contributed by atoms with E-state index >= 15 is 0 Å². The molecule has 1 saturated carbocycles. The third-order valence-corrected chi connectivity index (χ3v) is 3.63. The number of ether oxygens (including phenoxy) is 1. The highest BCUT2D eigenvalue weighted by molar-refractivity contribution is 6.21. The van der Waals surface area contributed by atoms with Gasteiger partial charge in [0.2, 0.25) is 0 Å². The number of hydrogen-bond acceptors (Lipinski definition) is 3. The summed E-state index contributed by atoms with van der Waals surface area (Å²) in [6.45, 7) is 0. The standard InChI is InChI=1S/C9H11ClO3/c10-5-9-4-2-1-3-6(9)7(11)13-8(9)12/h6H,1-5H2. The normalized spacial score (nSPS) is 38.7. The Bertz CT molecular complexity index is 264. The maximum Gasteiger partial charge on any atom is 0.321 e. The first-order chi connectivity index (χ1) is 6.20. The number of carbonyl (C=O) groups excluding carboxylic acids is 2. The van der Waals surface area contributed by atoms with Crippen LogP contribution >= 0.6 is 11.6 Å². The van der Waals surface area contributed by atoms with Crippen molar-refractivity contribution in [3.05, 3.63) is 0 Å². The smallest absolute Gasteiger partial charge is 0.321 e. The van der Waals surface area contributed by atoms with Crippen LogP contribution in [0.15, 0.2) is 0 Å². The van der Waals surface area contributed by atoms with E-state index in [0.29, 0.717) is 6.42 Å². The van der Waals surface area contributed by atoms with Crippen LogP contribution < -0.4 is 0 Å². The fraction of sp³-hybridized carbons (Fsp3) is 0.778. The largest absolute Gasteiger partial charge is 0.392 e. The van der Waals surface area contributed by atoms with E-state index in [4.69, 9.17) is 11.6 Å². The summed E-state index contributed by atoms with van der Waals surface area (Å²) in [7, 11) is 0. The molecule has 4 heteroatoms. The molecule has 1 saturated heterocycles. The minimum atomic E-state index is -0.684. The fourth-order valence-corrected chi connectivity index (χ4v) is 2.73. The molecule has 0 radical (unpaired) electrons. The van der Waals surface area contributed by atoms with Crippen LogP contribution in [-0.2, 0) is 14.3 Å².